The van der Waals surface area contributed by atoms with Crippen molar-refractivity contribution < 1.29 is 14.3 Å². The summed E-state index contributed by atoms with van der Waals surface area (Å²) in [6.07, 6.45) is 4.69. The molecule has 1 aromatic heterocycles. The molecule has 0 bridgehead atoms. The zero-order valence-electron chi connectivity index (χ0n) is 16.9. The maximum atomic E-state index is 12.7. The first kappa shape index (κ1) is 19.9. The molecule has 0 aliphatic carbocycles. The van der Waals surface area contributed by atoms with Crippen LogP contribution in [0, 0.1) is 0 Å². The number of likely N-dealkylation sites (tertiary alicyclic amines) is 1. The number of methoxy groups -OCH3 is 1. The second-order valence-corrected chi connectivity index (χ2v) is 7.96. The molecule has 7 nitrogen and oxygen atoms in total. The van der Waals surface area contributed by atoms with E-state index in [9.17, 15) is 4.79 Å². The highest BCUT2D eigenvalue weighted by molar-refractivity contribution is 5.89. The molecule has 1 unspecified atom stereocenters. The Bertz CT molecular complexity index is 802. The third-order valence-corrected chi connectivity index (χ3v) is 4.77. The number of hydrogen-bond acceptors (Lipinski definition) is 5. The molecule has 1 N–H and O–H groups in total. The van der Waals surface area contributed by atoms with Gasteiger partial charge in [-0.15, -0.1) is 0 Å². The molecule has 2 heterocycles. The molecule has 1 atom stereocenters. The highest BCUT2D eigenvalue weighted by Crippen LogP contribution is 2.25. The quantitative estimate of drug-likeness (QED) is 0.866. The lowest BCUT2D eigenvalue weighted by Crippen LogP contribution is -2.46. The first-order valence-corrected chi connectivity index (χ1v) is 9.55. The maximum absolute atomic E-state index is 12.7. The molecule has 0 saturated carbocycles. The normalized spacial score (nSPS) is 17.1. The lowest BCUT2D eigenvalue weighted by Gasteiger charge is -2.32. The summed E-state index contributed by atoms with van der Waals surface area (Å²) in [5, 5.41) is 2.98. The summed E-state index contributed by atoms with van der Waals surface area (Å²) in [4.78, 5) is 22.7. The van der Waals surface area contributed by atoms with E-state index < -0.39 is 0 Å². The van der Waals surface area contributed by atoms with Crippen LogP contribution in [0.3, 0.4) is 0 Å². The van der Waals surface area contributed by atoms with Crippen LogP contribution in [0.4, 0.5) is 10.5 Å². The average molecular weight is 384 g/mol. The van der Waals surface area contributed by atoms with Crippen LogP contribution in [-0.4, -0.2) is 47.2 Å². The molecular formula is C21H28N4O3. The fourth-order valence-electron chi connectivity index (χ4n) is 3.17. The van der Waals surface area contributed by atoms with Gasteiger partial charge in [0.05, 0.1) is 13.7 Å². The first-order valence-electron chi connectivity index (χ1n) is 9.55. The average Bonchev–Trinajstić information content (AvgIpc) is 2.68. The van der Waals surface area contributed by atoms with E-state index in [1.165, 1.54) is 12.7 Å². The minimum Gasteiger partial charge on any atom is -0.477 e. The Morgan fingerprint density at radius 2 is 1.82 bits per heavy atom. The predicted octanol–water partition coefficient (Wildman–Crippen LogP) is 3.86. The Morgan fingerprint density at radius 3 is 2.46 bits per heavy atom. The van der Waals surface area contributed by atoms with Crippen molar-refractivity contribution in [3.8, 4) is 11.8 Å². The van der Waals surface area contributed by atoms with Crippen molar-refractivity contribution in [2.24, 2.45) is 0 Å². The van der Waals surface area contributed by atoms with Gasteiger partial charge in [0.2, 0.25) is 0 Å². The summed E-state index contributed by atoms with van der Waals surface area (Å²) < 4.78 is 11.1. The number of hydrogen-bond donors (Lipinski definition) is 1. The highest BCUT2D eigenvalue weighted by Gasteiger charge is 2.26. The monoisotopic (exact) mass is 384 g/mol. The minimum atomic E-state index is -0.145. The van der Waals surface area contributed by atoms with Crippen LogP contribution in [0.2, 0.25) is 0 Å². The van der Waals surface area contributed by atoms with Crippen molar-refractivity contribution in [1.29, 1.82) is 0 Å². The van der Waals surface area contributed by atoms with E-state index in [0.717, 1.165) is 18.5 Å². The molecule has 28 heavy (non-hydrogen) atoms. The van der Waals surface area contributed by atoms with Crippen molar-refractivity contribution in [2.75, 3.05) is 25.5 Å². The van der Waals surface area contributed by atoms with Gasteiger partial charge in [-0.1, -0.05) is 32.9 Å². The van der Waals surface area contributed by atoms with Gasteiger partial charge < -0.3 is 19.7 Å². The van der Waals surface area contributed by atoms with Gasteiger partial charge in [-0.2, -0.15) is 0 Å². The molecule has 7 heteroatoms. The van der Waals surface area contributed by atoms with Gasteiger partial charge >= 0.3 is 6.03 Å². The Hall–Kier alpha value is -2.83. The maximum Gasteiger partial charge on any atom is 0.321 e. The second-order valence-electron chi connectivity index (χ2n) is 7.96. The summed E-state index contributed by atoms with van der Waals surface area (Å²) in [7, 11) is 1.53. The third kappa shape index (κ3) is 4.91. The van der Waals surface area contributed by atoms with E-state index in [1.807, 2.05) is 12.1 Å². The largest absolute Gasteiger partial charge is 0.477 e. The van der Waals surface area contributed by atoms with E-state index in [-0.39, 0.29) is 17.6 Å². The topological polar surface area (TPSA) is 76.6 Å². The number of nitrogens with one attached hydrogen (secondary N) is 1. The van der Waals surface area contributed by atoms with Gasteiger partial charge in [-0.3, -0.25) is 0 Å². The Morgan fingerprint density at radius 1 is 1.14 bits per heavy atom. The van der Waals surface area contributed by atoms with Crippen molar-refractivity contribution in [3.63, 3.8) is 0 Å². The molecule has 1 aromatic carbocycles. The van der Waals surface area contributed by atoms with Crippen LogP contribution in [0.5, 0.6) is 11.8 Å². The zero-order valence-corrected chi connectivity index (χ0v) is 16.9. The van der Waals surface area contributed by atoms with E-state index in [0.29, 0.717) is 24.8 Å². The van der Waals surface area contributed by atoms with Crippen LogP contribution in [-0.2, 0) is 5.41 Å². The zero-order chi connectivity index (χ0) is 20.1. The van der Waals surface area contributed by atoms with Crippen LogP contribution >= 0.6 is 0 Å². The van der Waals surface area contributed by atoms with Gasteiger partial charge in [-0.05, 0) is 36.0 Å². The standard InChI is InChI=1S/C21H28N4O3/c1-21(2,3)15-7-9-16(10-8-15)24-20(26)25-13-5-6-17(14-25)28-19-18(27-4)22-11-12-23-19/h7-12,17H,5-6,13-14H2,1-4H3,(H,24,26). The first-order chi connectivity index (χ1) is 13.4. The summed E-state index contributed by atoms with van der Waals surface area (Å²) in [6.45, 7) is 7.69. The number of urea groups is 1. The van der Waals surface area contributed by atoms with Gasteiger partial charge in [0, 0.05) is 24.6 Å². The van der Waals surface area contributed by atoms with Crippen LogP contribution < -0.4 is 14.8 Å². The number of piperidine rings is 1. The van der Waals surface area contributed by atoms with Crippen LogP contribution in [0.1, 0.15) is 39.2 Å². The van der Waals surface area contributed by atoms with Crippen LogP contribution in [0.15, 0.2) is 36.7 Å². The minimum absolute atomic E-state index is 0.0847. The lowest BCUT2D eigenvalue weighted by molar-refractivity contribution is 0.0988. The molecule has 2 amide bonds. The number of ether oxygens (including phenoxy) is 2. The molecular weight excluding hydrogens is 356 g/mol. The van der Waals surface area contributed by atoms with Gasteiger partial charge in [-0.25, -0.2) is 14.8 Å². The van der Waals surface area contributed by atoms with E-state index in [1.54, 1.807) is 17.3 Å². The van der Waals surface area contributed by atoms with Crippen molar-refractivity contribution in [1.82, 2.24) is 14.9 Å². The number of nitrogens with zero attached hydrogens (tertiary/aromatic N) is 3. The number of benzene rings is 1. The van der Waals surface area contributed by atoms with E-state index in [4.69, 9.17) is 9.47 Å². The molecule has 0 spiro atoms. The van der Waals surface area contributed by atoms with Gasteiger partial charge in [0.25, 0.3) is 11.8 Å². The lowest BCUT2D eigenvalue weighted by atomic mass is 9.87. The summed E-state index contributed by atoms with van der Waals surface area (Å²) in [5.41, 5.74) is 2.10. The Kier molecular flexibility index (Phi) is 6.02. The SMILES string of the molecule is COc1nccnc1OC1CCCN(C(=O)Nc2ccc(C(C)(C)C)cc2)C1. The third-order valence-electron chi connectivity index (χ3n) is 4.77. The summed E-state index contributed by atoms with van der Waals surface area (Å²) in [5.74, 6) is 0.707. The summed E-state index contributed by atoms with van der Waals surface area (Å²) >= 11 is 0. The number of anilines is 1. The predicted molar refractivity (Wildman–Crippen MR) is 108 cm³/mol. The molecule has 2 aromatic rings. The molecule has 1 aliphatic heterocycles. The Balaban J connectivity index is 1.60. The van der Waals surface area contributed by atoms with Crippen molar-refractivity contribution in [3.05, 3.63) is 42.2 Å². The van der Waals surface area contributed by atoms with Gasteiger partial charge in [0.15, 0.2) is 0 Å². The Labute approximate surface area is 166 Å². The molecule has 150 valence electrons. The number of carbonyl (C=O) groups excluding carboxylic acids is 1. The fraction of sp³-hybridized carbons (Fsp3) is 0.476. The number of amides is 2. The number of rotatable bonds is 4. The summed E-state index contributed by atoms with van der Waals surface area (Å²) in [6, 6.07) is 7.88. The fourth-order valence-corrected chi connectivity index (χ4v) is 3.17. The van der Waals surface area contributed by atoms with Crippen molar-refractivity contribution in [2.45, 2.75) is 45.1 Å². The molecule has 1 aliphatic rings. The highest BCUT2D eigenvalue weighted by atomic mass is 16.5. The van der Waals surface area contributed by atoms with Crippen LogP contribution in [0.25, 0.3) is 0 Å². The molecule has 3 rings (SSSR count). The second kappa shape index (κ2) is 8.46. The van der Waals surface area contributed by atoms with Gasteiger partial charge in [0.1, 0.15) is 6.10 Å². The van der Waals surface area contributed by atoms with E-state index >= 15 is 0 Å². The molecule has 1 saturated heterocycles. The van der Waals surface area contributed by atoms with Crippen molar-refractivity contribution >= 4 is 11.7 Å². The van der Waals surface area contributed by atoms with E-state index in [2.05, 4.69) is 48.2 Å². The number of carbonyl (C=O) groups is 1. The smallest absolute Gasteiger partial charge is 0.321 e. The number of aromatic nitrogens is 2. The molecule has 1 fully saturated rings. The molecule has 0 radical (unpaired) electrons.